The Morgan fingerprint density at radius 1 is 1.42 bits per heavy atom. The van der Waals surface area contributed by atoms with E-state index in [1.54, 1.807) is 7.11 Å². The predicted molar refractivity (Wildman–Crippen MR) is 43.1 cm³/mol. The molecule has 0 aliphatic heterocycles. The van der Waals surface area contributed by atoms with Gasteiger partial charge in [0, 0.05) is 21.3 Å². The number of carbonyl (C=O) groups is 1. The molecule has 0 aromatic rings. The minimum Gasteiger partial charge on any atom is -0.447 e. The lowest BCUT2D eigenvalue weighted by molar-refractivity contribution is -0.0109. The first-order valence-corrected chi connectivity index (χ1v) is 3.60. The molecule has 0 rings (SSSR count). The molecule has 5 nitrogen and oxygen atoms in total. The van der Waals surface area contributed by atoms with Gasteiger partial charge in [-0.2, -0.15) is 0 Å². The summed E-state index contributed by atoms with van der Waals surface area (Å²) in [6.45, 7) is 0.609. The van der Waals surface area contributed by atoms with Crippen LogP contribution in [-0.2, 0) is 14.2 Å². The van der Waals surface area contributed by atoms with Gasteiger partial charge in [-0.1, -0.05) is 0 Å². The second-order valence-electron chi connectivity index (χ2n) is 2.16. The molecule has 5 heteroatoms. The molecule has 0 spiro atoms. The van der Waals surface area contributed by atoms with Crippen molar-refractivity contribution in [2.24, 2.45) is 0 Å². The quantitative estimate of drug-likeness (QED) is 0.642. The standard InChI is InChI=1S/C7H15NO4/c1-8-7(9)12-5-6(11-3)4-10-2/h6H,4-5H2,1-3H3,(H,8,9)/t6-/m1/s1. The van der Waals surface area contributed by atoms with Crippen molar-refractivity contribution in [3.05, 3.63) is 0 Å². The highest BCUT2D eigenvalue weighted by atomic mass is 16.6. The second-order valence-corrected chi connectivity index (χ2v) is 2.16. The number of hydrogen-bond donors (Lipinski definition) is 1. The first-order valence-electron chi connectivity index (χ1n) is 3.60. The lowest BCUT2D eigenvalue weighted by Gasteiger charge is -2.13. The number of rotatable bonds is 5. The third kappa shape index (κ3) is 4.92. The van der Waals surface area contributed by atoms with Gasteiger partial charge < -0.3 is 19.5 Å². The van der Waals surface area contributed by atoms with E-state index in [-0.39, 0.29) is 12.7 Å². The van der Waals surface area contributed by atoms with Gasteiger partial charge in [-0.3, -0.25) is 0 Å². The van der Waals surface area contributed by atoms with Gasteiger partial charge in [0.15, 0.2) is 0 Å². The summed E-state index contributed by atoms with van der Waals surface area (Å²) >= 11 is 0. The molecule has 0 fully saturated rings. The van der Waals surface area contributed by atoms with Crippen LogP contribution in [0.3, 0.4) is 0 Å². The van der Waals surface area contributed by atoms with E-state index in [9.17, 15) is 4.79 Å². The average Bonchev–Trinajstić information content (AvgIpc) is 2.11. The Morgan fingerprint density at radius 3 is 2.50 bits per heavy atom. The third-order valence-corrected chi connectivity index (χ3v) is 1.29. The van der Waals surface area contributed by atoms with E-state index in [1.165, 1.54) is 14.2 Å². The molecule has 0 bridgehead atoms. The lowest BCUT2D eigenvalue weighted by Crippen LogP contribution is -2.28. The first kappa shape index (κ1) is 11.2. The molecule has 0 radical (unpaired) electrons. The number of nitrogens with one attached hydrogen (secondary N) is 1. The van der Waals surface area contributed by atoms with Crippen molar-refractivity contribution in [2.45, 2.75) is 6.10 Å². The highest BCUT2D eigenvalue weighted by Gasteiger charge is 2.08. The Morgan fingerprint density at radius 2 is 2.08 bits per heavy atom. The van der Waals surface area contributed by atoms with Gasteiger partial charge in [0.2, 0.25) is 0 Å². The zero-order valence-electron chi connectivity index (χ0n) is 7.62. The van der Waals surface area contributed by atoms with Crippen LogP contribution in [0.4, 0.5) is 4.79 Å². The van der Waals surface area contributed by atoms with Gasteiger partial charge in [-0.15, -0.1) is 0 Å². The van der Waals surface area contributed by atoms with Gasteiger partial charge in [-0.25, -0.2) is 4.79 Å². The zero-order valence-corrected chi connectivity index (χ0v) is 7.62. The van der Waals surface area contributed by atoms with Crippen LogP contribution in [0.15, 0.2) is 0 Å². The maximum absolute atomic E-state index is 10.6. The smallest absolute Gasteiger partial charge is 0.406 e. The van der Waals surface area contributed by atoms with Gasteiger partial charge in [-0.05, 0) is 0 Å². The number of ether oxygens (including phenoxy) is 3. The van der Waals surface area contributed by atoms with E-state index in [2.05, 4.69) is 5.32 Å². The molecule has 0 aromatic heterocycles. The summed E-state index contributed by atoms with van der Waals surface area (Å²) in [5, 5.41) is 2.33. The van der Waals surface area contributed by atoms with E-state index < -0.39 is 6.09 Å². The number of methoxy groups -OCH3 is 2. The molecule has 12 heavy (non-hydrogen) atoms. The van der Waals surface area contributed by atoms with Crippen LogP contribution in [-0.4, -0.2) is 46.7 Å². The van der Waals surface area contributed by atoms with Crippen molar-refractivity contribution < 1.29 is 19.0 Å². The van der Waals surface area contributed by atoms with Crippen LogP contribution in [0.25, 0.3) is 0 Å². The molecule has 0 saturated carbocycles. The minimum atomic E-state index is -0.465. The Balaban J connectivity index is 3.50. The van der Waals surface area contributed by atoms with Gasteiger partial charge >= 0.3 is 6.09 Å². The summed E-state index contributed by atoms with van der Waals surface area (Å²) in [6, 6.07) is 0. The van der Waals surface area contributed by atoms with Crippen molar-refractivity contribution in [2.75, 3.05) is 34.5 Å². The predicted octanol–water partition coefficient (Wildman–Crippen LogP) is 0.00380. The molecule has 0 unspecified atom stereocenters. The summed E-state index contributed by atoms with van der Waals surface area (Å²) in [6.07, 6.45) is -0.666. The Bertz CT molecular complexity index is 129. The summed E-state index contributed by atoms with van der Waals surface area (Å²) in [7, 11) is 4.60. The van der Waals surface area contributed by atoms with Crippen molar-refractivity contribution >= 4 is 6.09 Å². The summed E-state index contributed by atoms with van der Waals surface area (Å²) in [5.41, 5.74) is 0. The normalized spacial score (nSPS) is 12.2. The third-order valence-electron chi connectivity index (χ3n) is 1.29. The maximum atomic E-state index is 10.6. The van der Waals surface area contributed by atoms with Crippen LogP contribution >= 0.6 is 0 Å². The largest absolute Gasteiger partial charge is 0.447 e. The zero-order chi connectivity index (χ0) is 9.40. The fourth-order valence-corrected chi connectivity index (χ4v) is 0.611. The van der Waals surface area contributed by atoms with Crippen LogP contribution < -0.4 is 5.32 Å². The highest BCUT2D eigenvalue weighted by Crippen LogP contribution is 1.92. The second kappa shape index (κ2) is 6.87. The average molecular weight is 177 g/mol. The summed E-state index contributed by atoms with van der Waals surface area (Å²) in [4.78, 5) is 10.6. The Kier molecular flexibility index (Phi) is 6.41. The van der Waals surface area contributed by atoms with Gasteiger partial charge in [0.25, 0.3) is 0 Å². The van der Waals surface area contributed by atoms with Gasteiger partial charge in [0.05, 0.1) is 6.61 Å². The van der Waals surface area contributed by atoms with E-state index >= 15 is 0 Å². The fourth-order valence-electron chi connectivity index (χ4n) is 0.611. The van der Waals surface area contributed by atoms with Crippen molar-refractivity contribution in [3.63, 3.8) is 0 Å². The first-order chi connectivity index (χ1) is 5.74. The van der Waals surface area contributed by atoms with Crippen molar-refractivity contribution in [1.29, 1.82) is 0 Å². The van der Waals surface area contributed by atoms with Crippen molar-refractivity contribution in [1.82, 2.24) is 5.32 Å². The molecular formula is C7H15NO4. The molecule has 72 valence electrons. The van der Waals surface area contributed by atoms with Crippen LogP contribution in [0.1, 0.15) is 0 Å². The number of alkyl carbamates (subject to hydrolysis) is 1. The Hall–Kier alpha value is -0.810. The molecule has 0 aliphatic rings. The van der Waals surface area contributed by atoms with Crippen molar-refractivity contribution in [3.8, 4) is 0 Å². The van der Waals surface area contributed by atoms with Crippen LogP contribution in [0, 0.1) is 0 Å². The summed E-state index contributed by atoms with van der Waals surface area (Å²) < 4.78 is 14.5. The molecule has 0 aliphatic carbocycles. The molecule has 1 amide bonds. The SMILES string of the molecule is CNC(=O)OC[C@@H](COC)OC. The summed E-state index contributed by atoms with van der Waals surface area (Å²) in [5.74, 6) is 0. The van der Waals surface area contributed by atoms with Crippen LogP contribution in [0.5, 0.6) is 0 Å². The lowest BCUT2D eigenvalue weighted by atomic mass is 10.4. The Labute approximate surface area is 72.0 Å². The van der Waals surface area contributed by atoms with Crippen LogP contribution in [0.2, 0.25) is 0 Å². The minimum absolute atomic E-state index is 0.198. The number of amides is 1. The van der Waals surface area contributed by atoms with E-state index in [4.69, 9.17) is 14.2 Å². The van der Waals surface area contributed by atoms with Gasteiger partial charge in [0.1, 0.15) is 12.7 Å². The van der Waals surface area contributed by atoms with E-state index in [1.807, 2.05) is 0 Å². The fraction of sp³-hybridized carbons (Fsp3) is 0.857. The van der Waals surface area contributed by atoms with E-state index in [0.717, 1.165) is 0 Å². The number of carbonyl (C=O) groups excluding carboxylic acids is 1. The monoisotopic (exact) mass is 177 g/mol. The molecule has 1 atom stereocenters. The molecule has 0 aromatic carbocycles. The molecular weight excluding hydrogens is 162 g/mol. The molecule has 0 saturated heterocycles. The molecule has 0 heterocycles. The number of hydrogen-bond acceptors (Lipinski definition) is 4. The maximum Gasteiger partial charge on any atom is 0.406 e. The van der Waals surface area contributed by atoms with E-state index in [0.29, 0.717) is 6.61 Å². The topological polar surface area (TPSA) is 56.8 Å². The highest BCUT2D eigenvalue weighted by molar-refractivity contribution is 5.66. The molecule has 1 N–H and O–H groups in total.